The van der Waals surface area contributed by atoms with E-state index in [9.17, 15) is 14.4 Å². The zero-order valence-corrected chi connectivity index (χ0v) is 26.8. The summed E-state index contributed by atoms with van der Waals surface area (Å²) in [4.78, 5) is 39.7. The Morgan fingerprint density at radius 3 is 2.45 bits per heavy atom. The summed E-state index contributed by atoms with van der Waals surface area (Å²) < 4.78 is 11.9. The van der Waals surface area contributed by atoms with E-state index in [0.717, 1.165) is 25.7 Å². The molecule has 1 aliphatic heterocycles. The van der Waals surface area contributed by atoms with Crippen molar-refractivity contribution in [3.63, 3.8) is 0 Å². The third-order valence-corrected chi connectivity index (χ3v) is 8.07. The minimum absolute atomic E-state index is 0.0926. The first-order valence-electron chi connectivity index (χ1n) is 14.9. The van der Waals surface area contributed by atoms with E-state index in [4.69, 9.17) is 21.7 Å². The fraction of sp³-hybridized carbons (Fsp3) is 0.500. The first-order chi connectivity index (χ1) is 20.4. The molecule has 0 radical (unpaired) electrons. The van der Waals surface area contributed by atoms with Gasteiger partial charge in [-0.3, -0.25) is 19.7 Å². The van der Waals surface area contributed by atoms with Gasteiger partial charge in [0.15, 0.2) is 5.11 Å². The molecule has 1 aliphatic rings. The molecule has 42 heavy (non-hydrogen) atoms. The lowest BCUT2D eigenvalue weighted by Gasteiger charge is -2.36. The standard InChI is InChI=1S/C32H42BrN3O5S/c1-2-3-4-5-6-7-8-12-20-41-29(37)23-27-31(39)34-18-19-36(27)32(42)35-30(38)25-15-16-28(26(33)22-25)40-21-17-24-13-10-9-11-14-24/h9-11,13-16,22,27H,2-8,12,17-21,23H2,1H3,(H,34,39)(H,35,38,42). The topological polar surface area (TPSA) is 97.0 Å². The number of ether oxygens (including phenoxy) is 2. The van der Waals surface area contributed by atoms with Crippen LogP contribution < -0.4 is 15.4 Å². The number of nitrogens with one attached hydrogen (secondary N) is 2. The molecule has 10 heteroatoms. The molecule has 8 nitrogen and oxygen atoms in total. The van der Waals surface area contributed by atoms with Crippen LogP contribution >= 0.6 is 28.1 Å². The number of thiocarbonyl (C=S) groups is 1. The largest absolute Gasteiger partial charge is 0.492 e. The van der Waals surface area contributed by atoms with Gasteiger partial charge in [0.2, 0.25) is 5.91 Å². The van der Waals surface area contributed by atoms with Crippen LogP contribution in [0.1, 0.15) is 80.6 Å². The van der Waals surface area contributed by atoms with Gasteiger partial charge in [0, 0.05) is 25.1 Å². The lowest BCUT2D eigenvalue weighted by molar-refractivity contribution is -0.147. The van der Waals surface area contributed by atoms with Crippen LogP contribution in [0.25, 0.3) is 0 Å². The van der Waals surface area contributed by atoms with Gasteiger partial charge in [0.05, 0.1) is 24.1 Å². The highest BCUT2D eigenvalue weighted by Crippen LogP contribution is 2.26. The van der Waals surface area contributed by atoms with Crippen molar-refractivity contribution in [2.24, 2.45) is 0 Å². The summed E-state index contributed by atoms with van der Waals surface area (Å²) in [6.45, 7) is 3.78. The molecule has 1 atom stereocenters. The van der Waals surface area contributed by atoms with Crippen molar-refractivity contribution in [3.05, 3.63) is 64.1 Å². The Balaban J connectivity index is 1.45. The van der Waals surface area contributed by atoms with E-state index < -0.39 is 17.9 Å². The van der Waals surface area contributed by atoms with Gasteiger partial charge in [-0.1, -0.05) is 82.2 Å². The third kappa shape index (κ3) is 11.4. The minimum atomic E-state index is -0.843. The monoisotopic (exact) mass is 659 g/mol. The number of esters is 1. The van der Waals surface area contributed by atoms with Crippen LogP contribution in [-0.2, 0) is 20.7 Å². The highest BCUT2D eigenvalue weighted by Gasteiger charge is 2.34. The summed E-state index contributed by atoms with van der Waals surface area (Å²) in [5.41, 5.74) is 1.56. The Hall–Kier alpha value is -2.98. The zero-order chi connectivity index (χ0) is 30.2. The van der Waals surface area contributed by atoms with Gasteiger partial charge in [-0.2, -0.15) is 0 Å². The maximum Gasteiger partial charge on any atom is 0.308 e. The van der Waals surface area contributed by atoms with Gasteiger partial charge in [-0.05, 0) is 58.3 Å². The van der Waals surface area contributed by atoms with Crippen LogP contribution in [0.15, 0.2) is 53.0 Å². The number of hydrogen-bond donors (Lipinski definition) is 2. The normalized spacial score (nSPS) is 14.7. The number of piperazine rings is 1. The average molecular weight is 661 g/mol. The first-order valence-corrected chi connectivity index (χ1v) is 16.1. The second-order valence-electron chi connectivity index (χ2n) is 10.4. The molecule has 0 spiro atoms. The summed E-state index contributed by atoms with van der Waals surface area (Å²) in [6.07, 6.45) is 9.84. The predicted octanol–water partition coefficient (Wildman–Crippen LogP) is 5.96. The summed E-state index contributed by atoms with van der Waals surface area (Å²) in [6, 6.07) is 14.3. The number of benzene rings is 2. The summed E-state index contributed by atoms with van der Waals surface area (Å²) in [5.74, 6) is -0.561. The molecule has 0 aromatic heterocycles. The number of carbonyl (C=O) groups excluding carboxylic acids is 3. The third-order valence-electron chi connectivity index (χ3n) is 7.12. The number of rotatable bonds is 16. The molecular weight excluding hydrogens is 618 g/mol. The van der Waals surface area contributed by atoms with Crippen molar-refractivity contribution in [3.8, 4) is 5.75 Å². The van der Waals surface area contributed by atoms with Crippen molar-refractivity contribution >= 4 is 51.0 Å². The Kier molecular flexibility index (Phi) is 14.8. The van der Waals surface area contributed by atoms with Crippen molar-refractivity contribution in [1.29, 1.82) is 0 Å². The number of hydrogen-bond acceptors (Lipinski definition) is 6. The number of unbranched alkanes of at least 4 members (excludes halogenated alkanes) is 7. The quantitative estimate of drug-likeness (QED) is 0.130. The summed E-state index contributed by atoms with van der Waals surface area (Å²) in [5, 5.41) is 5.58. The fourth-order valence-electron chi connectivity index (χ4n) is 4.72. The van der Waals surface area contributed by atoms with Gasteiger partial charge in [-0.15, -0.1) is 0 Å². The van der Waals surface area contributed by atoms with Crippen LogP contribution in [0.2, 0.25) is 0 Å². The van der Waals surface area contributed by atoms with E-state index in [2.05, 4.69) is 33.5 Å². The number of carbonyl (C=O) groups is 3. The highest BCUT2D eigenvalue weighted by molar-refractivity contribution is 9.10. The molecule has 0 bridgehead atoms. The molecule has 3 rings (SSSR count). The second kappa shape index (κ2) is 18.5. The number of amides is 2. The SMILES string of the molecule is CCCCCCCCCCOC(=O)CC1C(=O)NCCN1C(=S)NC(=O)c1ccc(OCCc2ccccc2)c(Br)c1. The van der Waals surface area contributed by atoms with Crippen LogP contribution in [0, 0.1) is 0 Å². The second-order valence-corrected chi connectivity index (χ2v) is 11.6. The molecule has 2 aromatic rings. The Morgan fingerprint density at radius 1 is 1.02 bits per heavy atom. The molecule has 1 fully saturated rings. The molecule has 2 aromatic carbocycles. The number of nitrogens with zero attached hydrogens (tertiary/aromatic N) is 1. The van der Waals surface area contributed by atoms with Crippen molar-refractivity contribution in [1.82, 2.24) is 15.5 Å². The number of halogens is 1. The lowest BCUT2D eigenvalue weighted by atomic mass is 10.1. The molecule has 2 amide bonds. The van der Waals surface area contributed by atoms with E-state index in [0.29, 0.717) is 42.1 Å². The lowest BCUT2D eigenvalue weighted by Crippen LogP contribution is -2.60. The van der Waals surface area contributed by atoms with Gasteiger partial charge in [0.1, 0.15) is 11.8 Å². The smallest absolute Gasteiger partial charge is 0.308 e. The van der Waals surface area contributed by atoms with Crippen LogP contribution in [0.4, 0.5) is 0 Å². The molecule has 0 aliphatic carbocycles. The van der Waals surface area contributed by atoms with Gasteiger partial charge in [-0.25, -0.2) is 0 Å². The fourth-order valence-corrected chi connectivity index (χ4v) is 5.53. The Labute approximate surface area is 263 Å². The Morgan fingerprint density at radius 2 is 1.74 bits per heavy atom. The highest BCUT2D eigenvalue weighted by atomic mass is 79.9. The molecule has 0 saturated carbocycles. The van der Waals surface area contributed by atoms with E-state index in [-0.39, 0.29) is 17.4 Å². The predicted molar refractivity (Wildman–Crippen MR) is 172 cm³/mol. The summed E-state index contributed by atoms with van der Waals surface area (Å²) >= 11 is 8.98. The van der Waals surface area contributed by atoms with Gasteiger partial charge in [0.25, 0.3) is 5.91 Å². The zero-order valence-electron chi connectivity index (χ0n) is 24.4. The molecule has 1 unspecified atom stereocenters. The summed E-state index contributed by atoms with van der Waals surface area (Å²) in [7, 11) is 0. The minimum Gasteiger partial charge on any atom is -0.492 e. The maximum atomic E-state index is 13.0. The van der Waals surface area contributed by atoms with Gasteiger partial charge < -0.3 is 19.7 Å². The van der Waals surface area contributed by atoms with E-state index in [1.165, 1.54) is 37.7 Å². The van der Waals surface area contributed by atoms with E-state index in [1.807, 2.05) is 30.3 Å². The maximum absolute atomic E-state index is 13.0. The molecule has 228 valence electrons. The van der Waals surface area contributed by atoms with Crippen molar-refractivity contribution < 1.29 is 23.9 Å². The molecule has 1 saturated heterocycles. The van der Waals surface area contributed by atoms with Crippen LogP contribution in [-0.4, -0.2) is 60.1 Å². The average Bonchev–Trinajstić information content (AvgIpc) is 2.98. The van der Waals surface area contributed by atoms with Crippen LogP contribution in [0.3, 0.4) is 0 Å². The molecular formula is C32H42BrN3O5S. The van der Waals surface area contributed by atoms with Gasteiger partial charge >= 0.3 is 5.97 Å². The van der Waals surface area contributed by atoms with E-state index >= 15 is 0 Å². The first kappa shape index (κ1) is 33.5. The van der Waals surface area contributed by atoms with Crippen molar-refractivity contribution in [2.75, 3.05) is 26.3 Å². The van der Waals surface area contributed by atoms with E-state index in [1.54, 1.807) is 23.1 Å². The van der Waals surface area contributed by atoms with Crippen molar-refractivity contribution in [2.45, 2.75) is 77.2 Å². The molecule has 1 heterocycles. The Bertz CT molecular complexity index is 1180. The van der Waals surface area contributed by atoms with Crippen LogP contribution in [0.5, 0.6) is 5.75 Å². The molecule has 2 N–H and O–H groups in total.